The Kier molecular flexibility index (Phi) is 6.67. The summed E-state index contributed by atoms with van der Waals surface area (Å²) in [5, 5.41) is 22.1. The fourth-order valence-electron chi connectivity index (χ4n) is 3.83. The third kappa shape index (κ3) is 4.98. The van der Waals surface area contributed by atoms with E-state index in [1.54, 1.807) is 24.0 Å². The van der Waals surface area contributed by atoms with Crippen molar-refractivity contribution in [3.05, 3.63) is 57.9 Å². The number of Topliss-reactive ketones (excluding diaryl/α,β-unsaturated/α-hetero) is 1. The summed E-state index contributed by atoms with van der Waals surface area (Å²) in [6.07, 6.45) is 0.826. The van der Waals surface area contributed by atoms with Crippen molar-refractivity contribution in [2.24, 2.45) is 0 Å². The molecule has 0 spiro atoms. The SMILES string of the molecule is CCC(=O)NCCc1cc(C(=O)CN2Cc3ccc(C)nc3C2=N)cc(C(C)(C)C)c1O. The molecule has 3 rings (SSSR count). The minimum absolute atomic E-state index is 0.0521. The predicted molar refractivity (Wildman–Crippen MR) is 124 cm³/mol. The molecule has 2 heterocycles. The van der Waals surface area contributed by atoms with Gasteiger partial charge in [-0.25, -0.2) is 4.98 Å². The smallest absolute Gasteiger partial charge is 0.219 e. The number of ketones is 1. The van der Waals surface area contributed by atoms with E-state index >= 15 is 0 Å². The molecule has 7 heteroatoms. The average Bonchev–Trinajstić information content (AvgIpc) is 3.03. The summed E-state index contributed by atoms with van der Waals surface area (Å²) >= 11 is 0. The largest absolute Gasteiger partial charge is 0.507 e. The van der Waals surface area contributed by atoms with Crippen LogP contribution in [-0.2, 0) is 23.2 Å². The van der Waals surface area contributed by atoms with E-state index in [4.69, 9.17) is 5.41 Å². The van der Waals surface area contributed by atoms with Crippen LogP contribution in [-0.4, -0.2) is 45.6 Å². The topological polar surface area (TPSA) is 106 Å². The number of amides is 1. The summed E-state index contributed by atoms with van der Waals surface area (Å²) in [7, 11) is 0. The number of benzene rings is 1. The highest BCUT2D eigenvalue weighted by Crippen LogP contribution is 2.35. The first-order chi connectivity index (χ1) is 15.0. The van der Waals surface area contributed by atoms with Gasteiger partial charge in [0, 0.05) is 41.9 Å². The Morgan fingerprint density at radius 2 is 1.97 bits per heavy atom. The van der Waals surface area contributed by atoms with Crippen LogP contribution in [0.25, 0.3) is 0 Å². The van der Waals surface area contributed by atoms with Gasteiger partial charge in [0.1, 0.15) is 17.3 Å². The van der Waals surface area contributed by atoms with Crippen LogP contribution in [0.2, 0.25) is 0 Å². The van der Waals surface area contributed by atoms with E-state index in [1.807, 2.05) is 39.8 Å². The number of nitrogens with zero attached hydrogens (tertiary/aromatic N) is 2. The third-order valence-electron chi connectivity index (χ3n) is 5.71. The molecule has 2 aromatic rings. The molecule has 1 amide bonds. The van der Waals surface area contributed by atoms with Crippen LogP contribution in [0.15, 0.2) is 24.3 Å². The number of nitrogens with one attached hydrogen (secondary N) is 2. The molecule has 170 valence electrons. The van der Waals surface area contributed by atoms with Crippen molar-refractivity contribution in [3.63, 3.8) is 0 Å². The van der Waals surface area contributed by atoms with E-state index in [9.17, 15) is 14.7 Å². The molecule has 0 fully saturated rings. The van der Waals surface area contributed by atoms with Gasteiger partial charge in [0.2, 0.25) is 5.91 Å². The summed E-state index contributed by atoms with van der Waals surface area (Å²) in [6, 6.07) is 7.33. The van der Waals surface area contributed by atoms with Crippen LogP contribution < -0.4 is 5.32 Å². The fraction of sp³-hybridized carbons (Fsp3) is 0.440. The Labute approximate surface area is 189 Å². The minimum atomic E-state index is -0.361. The molecule has 0 radical (unpaired) electrons. The molecule has 1 aromatic carbocycles. The predicted octanol–water partition coefficient (Wildman–Crippen LogP) is 3.49. The highest BCUT2D eigenvalue weighted by atomic mass is 16.3. The second-order valence-electron chi connectivity index (χ2n) is 9.32. The molecule has 32 heavy (non-hydrogen) atoms. The maximum Gasteiger partial charge on any atom is 0.219 e. The number of phenolic OH excluding ortho intramolecular Hbond substituents is 1. The average molecular weight is 437 g/mol. The molecular weight excluding hydrogens is 404 g/mol. The van der Waals surface area contributed by atoms with Gasteiger partial charge in [-0.3, -0.25) is 15.0 Å². The second-order valence-corrected chi connectivity index (χ2v) is 9.32. The lowest BCUT2D eigenvalue weighted by Gasteiger charge is -2.24. The number of pyridine rings is 1. The molecule has 1 aromatic heterocycles. The Bertz CT molecular complexity index is 1070. The van der Waals surface area contributed by atoms with Gasteiger partial charge in [-0.05, 0) is 42.5 Å². The number of aryl methyl sites for hydroxylation is 1. The van der Waals surface area contributed by atoms with E-state index in [0.717, 1.165) is 11.3 Å². The highest BCUT2D eigenvalue weighted by molar-refractivity contribution is 6.04. The van der Waals surface area contributed by atoms with Crippen LogP contribution >= 0.6 is 0 Å². The van der Waals surface area contributed by atoms with Crippen molar-refractivity contribution in [3.8, 4) is 5.75 Å². The summed E-state index contributed by atoms with van der Waals surface area (Å²) < 4.78 is 0. The summed E-state index contributed by atoms with van der Waals surface area (Å²) in [6.45, 7) is 10.6. The van der Waals surface area contributed by atoms with Crippen molar-refractivity contribution < 1.29 is 14.7 Å². The summed E-state index contributed by atoms with van der Waals surface area (Å²) in [5.41, 5.74) is 3.88. The van der Waals surface area contributed by atoms with E-state index in [0.29, 0.717) is 48.3 Å². The zero-order valence-electron chi connectivity index (χ0n) is 19.5. The number of rotatable bonds is 7. The Balaban J connectivity index is 1.84. The number of aromatic hydroxyl groups is 1. The van der Waals surface area contributed by atoms with Crippen molar-refractivity contribution >= 4 is 17.5 Å². The van der Waals surface area contributed by atoms with Gasteiger partial charge in [-0.1, -0.05) is 33.8 Å². The molecule has 1 aliphatic heterocycles. The van der Waals surface area contributed by atoms with Crippen LogP contribution in [0, 0.1) is 12.3 Å². The Morgan fingerprint density at radius 1 is 1.25 bits per heavy atom. The molecule has 1 aliphatic rings. The lowest BCUT2D eigenvalue weighted by atomic mass is 9.83. The first kappa shape index (κ1) is 23.4. The quantitative estimate of drug-likeness (QED) is 0.576. The van der Waals surface area contributed by atoms with Crippen LogP contribution in [0.1, 0.15) is 72.6 Å². The monoisotopic (exact) mass is 436 g/mol. The molecule has 0 aliphatic carbocycles. The van der Waals surface area contributed by atoms with E-state index in [2.05, 4.69) is 10.3 Å². The fourth-order valence-corrected chi connectivity index (χ4v) is 3.83. The molecule has 0 saturated carbocycles. The van der Waals surface area contributed by atoms with E-state index < -0.39 is 0 Å². The lowest BCUT2D eigenvalue weighted by molar-refractivity contribution is -0.120. The summed E-state index contributed by atoms with van der Waals surface area (Å²) in [4.78, 5) is 31.0. The first-order valence-electron chi connectivity index (χ1n) is 11.0. The maximum atomic E-state index is 13.2. The molecule has 0 atom stereocenters. The molecule has 7 nitrogen and oxygen atoms in total. The maximum absolute atomic E-state index is 13.2. The van der Waals surface area contributed by atoms with Gasteiger partial charge in [0.15, 0.2) is 5.78 Å². The highest BCUT2D eigenvalue weighted by Gasteiger charge is 2.29. The van der Waals surface area contributed by atoms with Gasteiger partial charge in [-0.2, -0.15) is 0 Å². The Hall–Kier alpha value is -3.22. The lowest BCUT2D eigenvalue weighted by Crippen LogP contribution is -2.31. The third-order valence-corrected chi connectivity index (χ3v) is 5.71. The molecule has 0 bridgehead atoms. The van der Waals surface area contributed by atoms with Gasteiger partial charge >= 0.3 is 0 Å². The second kappa shape index (κ2) is 9.10. The molecule has 0 unspecified atom stereocenters. The van der Waals surface area contributed by atoms with Gasteiger partial charge < -0.3 is 15.3 Å². The van der Waals surface area contributed by atoms with Crippen molar-refractivity contribution in [1.82, 2.24) is 15.2 Å². The standard InChI is InChI=1S/C25H32N4O3/c1-6-21(31)27-10-9-16-11-18(12-19(23(16)32)25(3,4)5)20(30)14-29-13-17-8-7-15(2)28-22(17)24(29)26/h7-8,11-12,26,32H,6,9-10,13-14H2,1-5H3,(H,27,31). The zero-order valence-corrected chi connectivity index (χ0v) is 19.5. The van der Waals surface area contributed by atoms with Gasteiger partial charge in [0.25, 0.3) is 0 Å². The number of aromatic nitrogens is 1. The van der Waals surface area contributed by atoms with Crippen molar-refractivity contribution in [2.45, 2.75) is 59.4 Å². The van der Waals surface area contributed by atoms with E-state index in [1.165, 1.54) is 0 Å². The summed E-state index contributed by atoms with van der Waals surface area (Å²) in [5.74, 6) is 0.252. The Morgan fingerprint density at radius 3 is 2.62 bits per heavy atom. The number of carbonyl (C=O) groups is 2. The number of carbonyl (C=O) groups excluding carboxylic acids is 2. The number of phenols is 1. The first-order valence-corrected chi connectivity index (χ1v) is 11.0. The van der Waals surface area contributed by atoms with Crippen LogP contribution in [0.3, 0.4) is 0 Å². The molecule has 3 N–H and O–H groups in total. The number of fused-ring (bicyclic) bond motifs is 1. The van der Waals surface area contributed by atoms with Crippen LogP contribution in [0.5, 0.6) is 5.75 Å². The van der Waals surface area contributed by atoms with Gasteiger partial charge in [-0.15, -0.1) is 0 Å². The van der Waals surface area contributed by atoms with E-state index in [-0.39, 0.29) is 35.2 Å². The van der Waals surface area contributed by atoms with Crippen molar-refractivity contribution in [2.75, 3.05) is 13.1 Å². The molecular formula is C25H32N4O3. The minimum Gasteiger partial charge on any atom is -0.507 e. The zero-order chi connectivity index (χ0) is 23.6. The normalized spacial score (nSPS) is 13.3. The van der Waals surface area contributed by atoms with Crippen LogP contribution in [0.4, 0.5) is 0 Å². The number of hydrogen-bond acceptors (Lipinski definition) is 5. The number of hydrogen-bond donors (Lipinski definition) is 3. The van der Waals surface area contributed by atoms with Crippen molar-refractivity contribution in [1.29, 1.82) is 5.41 Å². The molecule has 0 saturated heterocycles. The number of amidine groups is 1. The van der Waals surface area contributed by atoms with Gasteiger partial charge in [0.05, 0.1) is 6.54 Å².